The second-order valence-electron chi connectivity index (χ2n) is 7.10. The third-order valence-electron chi connectivity index (χ3n) is 5.29. The third-order valence-corrected chi connectivity index (χ3v) is 5.29. The molecule has 2 aliphatic rings. The highest BCUT2D eigenvalue weighted by Gasteiger charge is 2.30. The lowest BCUT2D eigenvalue weighted by molar-refractivity contribution is -0.137. The molecule has 26 heavy (non-hydrogen) atoms. The Kier molecular flexibility index (Phi) is 6.29. The van der Waals surface area contributed by atoms with Gasteiger partial charge in [-0.3, -0.25) is 9.59 Å². The molecule has 0 spiro atoms. The number of likely N-dealkylation sites (tertiary alicyclic amines) is 2. The van der Waals surface area contributed by atoms with E-state index in [1.54, 1.807) is 0 Å². The van der Waals surface area contributed by atoms with Crippen LogP contribution in [0.15, 0.2) is 4.42 Å². The van der Waals surface area contributed by atoms with E-state index >= 15 is 0 Å². The molecular formula is C19H29N3O4. The zero-order valence-electron chi connectivity index (χ0n) is 15.8. The number of nitrogens with zero attached hydrogens (tertiary/aromatic N) is 3. The van der Waals surface area contributed by atoms with Gasteiger partial charge in [-0.25, -0.2) is 4.98 Å². The van der Waals surface area contributed by atoms with Gasteiger partial charge in [-0.2, -0.15) is 0 Å². The van der Waals surface area contributed by atoms with Crippen LogP contribution in [0.1, 0.15) is 67.1 Å². The number of carbonyl (C=O) groups excluding carboxylic acids is 2. The summed E-state index contributed by atoms with van der Waals surface area (Å²) >= 11 is 0. The number of ether oxygens (including phenoxy) is 1. The van der Waals surface area contributed by atoms with Crippen LogP contribution in [-0.4, -0.2) is 66.0 Å². The van der Waals surface area contributed by atoms with E-state index in [1.807, 2.05) is 23.6 Å². The summed E-state index contributed by atoms with van der Waals surface area (Å²) < 4.78 is 11.0. The lowest BCUT2D eigenvalue weighted by atomic mass is 9.97. The van der Waals surface area contributed by atoms with Gasteiger partial charge in [-0.05, 0) is 46.0 Å². The van der Waals surface area contributed by atoms with Crippen molar-refractivity contribution >= 4 is 11.8 Å². The molecule has 1 aromatic heterocycles. The molecule has 3 heterocycles. The van der Waals surface area contributed by atoms with Crippen molar-refractivity contribution in [3.05, 3.63) is 17.3 Å². The summed E-state index contributed by atoms with van der Waals surface area (Å²) in [5, 5.41) is 0. The molecule has 0 atom stereocenters. The predicted octanol–water partition coefficient (Wildman–Crippen LogP) is 2.35. The van der Waals surface area contributed by atoms with Crippen LogP contribution in [0, 0.1) is 6.92 Å². The Morgan fingerprint density at radius 3 is 2.46 bits per heavy atom. The summed E-state index contributed by atoms with van der Waals surface area (Å²) in [6.07, 6.45) is 4.91. The lowest BCUT2D eigenvalue weighted by Gasteiger charge is -2.30. The Bertz CT molecular complexity index is 629. The highest BCUT2D eigenvalue weighted by Crippen LogP contribution is 2.29. The van der Waals surface area contributed by atoms with Crippen molar-refractivity contribution in [1.82, 2.24) is 14.8 Å². The van der Waals surface area contributed by atoms with E-state index in [0.29, 0.717) is 37.0 Å². The van der Waals surface area contributed by atoms with Gasteiger partial charge in [-0.15, -0.1) is 0 Å². The molecule has 7 heteroatoms. The first-order valence-electron chi connectivity index (χ1n) is 9.72. The normalized spacial score (nSPS) is 19.0. The average molecular weight is 363 g/mol. The number of aromatic nitrogens is 1. The Morgan fingerprint density at radius 1 is 1.12 bits per heavy atom. The minimum atomic E-state index is -0.0125. The molecule has 2 amide bonds. The zero-order valence-corrected chi connectivity index (χ0v) is 15.8. The van der Waals surface area contributed by atoms with Crippen molar-refractivity contribution in [3.63, 3.8) is 0 Å². The van der Waals surface area contributed by atoms with E-state index in [0.717, 1.165) is 38.8 Å². The third kappa shape index (κ3) is 4.26. The first-order valence-corrected chi connectivity index (χ1v) is 9.72. The largest absolute Gasteiger partial charge is 0.445 e. The SMILES string of the molecule is CCOCC(=O)N1CCC(c2nc(C(=O)N3CCCCC3)c(C)o2)CC1. The number of hydrogen-bond acceptors (Lipinski definition) is 5. The summed E-state index contributed by atoms with van der Waals surface area (Å²) in [6, 6.07) is 0. The fourth-order valence-electron chi connectivity index (χ4n) is 3.69. The van der Waals surface area contributed by atoms with Gasteiger partial charge in [0.25, 0.3) is 5.91 Å². The fourth-order valence-corrected chi connectivity index (χ4v) is 3.69. The minimum Gasteiger partial charge on any atom is -0.445 e. The second-order valence-corrected chi connectivity index (χ2v) is 7.10. The maximum absolute atomic E-state index is 12.7. The van der Waals surface area contributed by atoms with Crippen molar-refractivity contribution in [2.75, 3.05) is 39.4 Å². The Hall–Kier alpha value is -1.89. The molecule has 0 N–H and O–H groups in total. The molecule has 144 valence electrons. The number of carbonyl (C=O) groups is 2. The van der Waals surface area contributed by atoms with Crippen molar-refractivity contribution in [1.29, 1.82) is 0 Å². The number of amides is 2. The van der Waals surface area contributed by atoms with Crippen molar-refractivity contribution in [2.45, 2.75) is 51.9 Å². The Labute approximate surface area is 154 Å². The molecule has 0 saturated carbocycles. The summed E-state index contributed by atoms with van der Waals surface area (Å²) in [4.78, 5) is 33.0. The maximum Gasteiger partial charge on any atom is 0.276 e. The zero-order chi connectivity index (χ0) is 18.5. The van der Waals surface area contributed by atoms with Crippen molar-refractivity contribution in [3.8, 4) is 0 Å². The summed E-state index contributed by atoms with van der Waals surface area (Å²) in [5.41, 5.74) is 0.455. The number of piperidine rings is 2. The molecule has 0 unspecified atom stereocenters. The highest BCUT2D eigenvalue weighted by atomic mass is 16.5. The average Bonchev–Trinajstić information content (AvgIpc) is 3.08. The Balaban J connectivity index is 1.59. The number of aryl methyl sites for hydroxylation is 1. The van der Waals surface area contributed by atoms with Crippen LogP contribution >= 0.6 is 0 Å². The van der Waals surface area contributed by atoms with Gasteiger partial charge in [0.2, 0.25) is 5.91 Å². The monoisotopic (exact) mass is 363 g/mol. The lowest BCUT2D eigenvalue weighted by Crippen LogP contribution is -2.40. The molecule has 0 aliphatic carbocycles. The quantitative estimate of drug-likeness (QED) is 0.803. The number of hydrogen-bond donors (Lipinski definition) is 0. The van der Waals surface area contributed by atoms with E-state index in [2.05, 4.69) is 4.98 Å². The van der Waals surface area contributed by atoms with Gasteiger partial charge in [0.05, 0.1) is 0 Å². The van der Waals surface area contributed by atoms with E-state index in [-0.39, 0.29) is 24.3 Å². The van der Waals surface area contributed by atoms with Crippen molar-refractivity contribution < 1.29 is 18.7 Å². The predicted molar refractivity (Wildman–Crippen MR) is 96.0 cm³/mol. The fraction of sp³-hybridized carbons (Fsp3) is 0.737. The first kappa shape index (κ1) is 18.9. The van der Waals surface area contributed by atoms with E-state index in [9.17, 15) is 9.59 Å². The number of oxazole rings is 1. The van der Waals surface area contributed by atoms with E-state index in [1.165, 1.54) is 6.42 Å². The van der Waals surface area contributed by atoms with Gasteiger partial charge in [0.15, 0.2) is 11.6 Å². The molecule has 3 rings (SSSR count). The second kappa shape index (κ2) is 8.66. The van der Waals surface area contributed by atoms with Crippen LogP contribution < -0.4 is 0 Å². The highest BCUT2D eigenvalue weighted by molar-refractivity contribution is 5.93. The topological polar surface area (TPSA) is 75.9 Å². The maximum atomic E-state index is 12.7. The molecule has 0 radical (unpaired) electrons. The van der Waals surface area contributed by atoms with Crippen LogP contribution in [0.5, 0.6) is 0 Å². The van der Waals surface area contributed by atoms with Gasteiger partial charge in [0, 0.05) is 38.7 Å². The molecule has 2 saturated heterocycles. The van der Waals surface area contributed by atoms with Crippen LogP contribution in [0.3, 0.4) is 0 Å². The summed E-state index contributed by atoms with van der Waals surface area (Å²) in [5.74, 6) is 1.43. The van der Waals surface area contributed by atoms with Gasteiger partial charge >= 0.3 is 0 Å². The molecular weight excluding hydrogens is 334 g/mol. The standard InChI is InChI=1S/C19H29N3O4/c1-3-25-13-16(23)21-11-7-15(8-12-21)18-20-17(14(2)26-18)19(24)22-9-5-4-6-10-22/h15H,3-13H2,1-2H3. The summed E-state index contributed by atoms with van der Waals surface area (Å²) in [6.45, 7) is 7.35. The van der Waals surface area contributed by atoms with Crippen molar-refractivity contribution in [2.24, 2.45) is 0 Å². The number of rotatable bonds is 5. The molecule has 7 nitrogen and oxygen atoms in total. The van der Waals surface area contributed by atoms with Crippen LogP contribution in [-0.2, 0) is 9.53 Å². The van der Waals surface area contributed by atoms with Gasteiger partial charge in [-0.1, -0.05) is 0 Å². The smallest absolute Gasteiger partial charge is 0.276 e. The van der Waals surface area contributed by atoms with Crippen LogP contribution in [0.2, 0.25) is 0 Å². The molecule has 2 aliphatic heterocycles. The van der Waals surface area contributed by atoms with E-state index in [4.69, 9.17) is 9.15 Å². The first-order chi connectivity index (χ1) is 12.6. The van der Waals surface area contributed by atoms with E-state index < -0.39 is 0 Å². The summed E-state index contributed by atoms with van der Waals surface area (Å²) in [7, 11) is 0. The molecule has 1 aromatic rings. The Morgan fingerprint density at radius 2 is 1.81 bits per heavy atom. The molecule has 0 aromatic carbocycles. The van der Waals surface area contributed by atoms with Crippen LogP contribution in [0.25, 0.3) is 0 Å². The van der Waals surface area contributed by atoms with Crippen LogP contribution in [0.4, 0.5) is 0 Å². The molecule has 0 bridgehead atoms. The minimum absolute atomic E-state index is 0.0125. The van der Waals surface area contributed by atoms with Gasteiger partial charge < -0.3 is 19.0 Å². The van der Waals surface area contributed by atoms with Gasteiger partial charge in [0.1, 0.15) is 12.4 Å². The molecule has 2 fully saturated rings.